The van der Waals surface area contributed by atoms with Crippen molar-refractivity contribution in [2.75, 3.05) is 18.4 Å². The second kappa shape index (κ2) is 8.23. The predicted molar refractivity (Wildman–Crippen MR) is 112 cm³/mol. The average Bonchev–Trinajstić information content (AvgIpc) is 3.11. The van der Waals surface area contributed by atoms with E-state index in [1.54, 1.807) is 0 Å². The minimum Gasteiger partial charge on any atom is -0.347 e. The van der Waals surface area contributed by atoms with Crippen LogP contribution in [0, 0.1) is 5.92 Å². The van der Waals surface area contributed by atoms with Crippen LogP contribution < -0.4 is 10.6 Å². The van der Waals surface area contributed by atoms with Crippen LogP contribution in [0.5, 0.6) is 0 Å². The molecule has 2 bridgehead atoms. The van der Waals surface area contributed by atoms with Gasteiger partial charge in [0.15, 0.2) is 4.34 Å². The van der Waals surface area contributed by atoms with E-state index in [1.165, 1.54) is 42.9 Å². The van der Waals surface area contributed by atoms with Gasteiger partial charge < -0.3 is 10.6 Å². The Morgan fingerprint density at radius 3 is 2.57 bits per heavy atom. The van der Waals surface area contributed by atoms with E-state index in [0.29, 0.717) is 23.3 Å². The zero-order valence-corrected chi connectivity index (χ0v) is 17.6. The molecule has 8 heteroatoms. The standard InChI is InChI=1S/C20H24N4O2S2/c1-12-18(14-7-9-24(12)10-8-14)23-19(26)15-3-5-16(6-4-15)28-20-22-17(11-27-20)21-13(2)25/h3-6,11-12,14,18H,7-10H2,1-2H3,(H,21,25)(H,23,26). The smallest absolute Gasteiger partial charge is 0.251 e. The molecule has 1 aromatic carbocycles. The molecule has 6 nitrogen and oxygen atoms in total. The molecule has 2 N–H and O–H groups in total. The summed E-state index contributed by atoms with van der Waals surface area (Å²) in [5.41, 5.74) is 0.686. The van der Waals surface area contributed by atoms with E-state index in [9.17, 15) is 9.59 Å². The topological polar surface area (TPSA) is 74.3 Å². The van der Waals surface area contributed by atoms with Gasteiger partial charge in [-0.25, -0.2) is 4.98 Å². The van der Waals surface area contributed by atoms with Crippen LogP contribution in [0.4, 0.5) is 5.82 Å². The number of carbonyl (C=O) groups excluding carboxylic acids is 2. The number of thiazole rings is 1. The number of nitrogens with zero attached hydrogens (tertiary/aromatic N) is 2. The molecule has 0 aliphatic carbocycles. The third-order valence-electron chi connectivity index (χ3n) is 5.58. The van der Waals surface area contributed by atoms with Crippen LogP contribution in [-0.4, -0.2) is 46.9 Å². The highest BCUT2D eigenvalue weighted by Gasteiger charge is 2.40. The first kappa shape index (κ1) is 19.4. The van der Waals surface area contributed by atoms with Gasteiger partial charge in [0, 0.05) is 34.8 Å². The number of piperidine rings is 3. The number of anilines is 1. The first-order valence-corrected chi connectivity index (χ1v) is 11.2. The zero-order chi connectivity index (χ0) is 19.7. The molecule has 3 saturated heterocycles. The quantitative estimate of drug-likeness (QED) is 0.781. The molecule has 148 valence electrons. The van der Waals surface area contributed by atoms with Gasteiger partial charge in [-0.15, -0.1) is 11.3 Å². The van der Waals surface area contributed by atoms with Gasteiger partial charge in [-0.1, -0.05) is 11.8 Å². The molecule has 0 spiro atoms. The van der Waals surface area contributed by atoms with Crippen LogP contribution in [0.2, 0.25) is 0 Å². The number of hydrogen-bond donors (Lipinski definition) is 2. The summed E-state index contributed by atoms with van der Waals surface area (Å²) in [4.78, 5) is 31.7. The maximum Gasteiger partial charge on any atom is 0.251 e. The molecule has 3 aliphatic heterocycles. The summed E-state index contributed by atoms with van der Waals surface area (Å²) in [6.45, 7) is 6.00. The number of carbonyl (C=O) groups is 2. The van der Waals surface area contributed by atoms with Crippen LogP contribution in [0.1, 0.15) is 37.0 Å². The van der Waals surface area contributed by atoms with Crippen molar-refractivity contribution in [3.63, 3.8) is 0 Å². The molecule has 0 radical (unpaired) electrons. The Hall–Kier alpha value is -1.90. The van der Waals surface area contributed by atoms with Crippen LogP contribution in [0.3, 0.4) is 0 Å². The van der Waals surface area contributed by atoms with E-state index in [1.807, 2.05) is 29.6 Å². The summed E-state index contributed by atoms with van der Waals surface area (Å²) in [7, 11) is 0. The summed E-state index contributed by atoms with van der Waals surface area (Å²) < 4.78 is 0.849. The molecule has 1 aromatic heterocycles. The van der Waals surface area contributed by atoms with Gasteiger partial charge in [0.25, 0.3) is 5.91 Å². The van der Waals surface area contributed by atoms with E-state index in [2.05, 4.69) is 27.4 Å². The second-order valence-electron chi connectivity index (χ2n) is 7.42. The van der Waals surface area contributed by atoms with Crippen LogP contribution in [-0.2, 0) is 4.79 Å². The van der Waals surface area contributed by atoms with Crippen molar-refractivity contribution in [3.05, 3.63) is 35.2 Å². The fourth-order valence-electron chi connectivity index (χ4n) is 4.10. The molecule has 3 aliphatic rings. The van der Waals surface area contributed by atoms with Crippen molar-refractivity contribution >= 4 is 40.7 Å². The number of amides is 2. The summed E-state index contributed by atoms with van der Waals surface area (Å²) in [6.07, 6.45) is 2.36. The molecule has 2 amide bonds. The van der Waals surface area contributed by atoms with Crippen LogP contribution in [0.25, 0.3) is 0 Å². The van der Waals surface area contributed by atoms with Crippen LogP contribution >= 0.6 is 23.1 Å². The number of benzene rings is 1. The molecular weight excluding hydrogens is 392 g/mol. The van der Waals surface area contributed by atoms with Gasteiger partial charge in [-0.3, -0.25) is 14.5 Å². The first-order valence-electron chi connectivity index (χ1n) is 9.55. The Labute approximate surface area is 173 Å². The highest BCUT2D eigenvalue weighted by Crippen LogP contribution is 2.33. The summed E-state index contributed by atoms with van der Waals surface area (Å²) in [5.74, 6) is 1.04. The lowest BCUT2D eigenvalue weighted by Crippen LogP contribution is -2.62. The number of rotatable bonds is 5. The first-order chi connectivity index (χ1) is 13.5. The molecule has 3 fully saturated rings. The highest BCUT2D eigenvalue weighted by atomic mass is 32.2. The second-order valence-corrected chi connectivity index (χ2v) is 9.60. The Morgan fingerprint density at radius 2 is 1.93 bits per heavy atom. The highest BCUT2D eigenvalue weighted by molar-refractivity contribution is 8.01. The molecule has 4 heterocycles. The molecule has 2 unspecified atom stereocenters. The van der Waals surface area contributed by atoms with Gasteiger partial charge in [0.05, 0.1) is 0 Å². The van der Waals surface area contributed by atoms with Gasteiger partial charge in [-0.2, -0.15) is 0 Å². The number of hydrogen-bond acceptors (Lipinski definition) is 6. The molecule has 2 aromatic rings. The Balaban J connectivity index is 1.37. The van der Waals surface area contributed by atoms with Crippen molar-refractivity contribution in [1.29, 1.82) is 0 Å². The van der Waals surface area contributed by atoms with Crippen molar-refractivity contribution in [3.8, 4) is 0 Å². The van der Waals surface area contributed by atoms with E-state index in [4.69, 9.17) is 0 Å². The van der Waals surface area contributed by atoms with Crippen molar-refractivity contribution < 1.29 is 9.59 Å². The van der Waals surface area contributed by atoms with E-state index in [-0.39, 0.29) is 17.9 Å². The minimum absolute atomic E-state index is 0.00402. The fraction of sp³-hybridized carbons (Fsp3) is 0.450. The summed E-state index contributed by atoms with van der Waals surface area (Å²) in [6, 6.07) is 8.27. The maximum absolute atomic E-state index is 12.7. The van der Waals surface area contributed by atoms with Gasteiger partial charge in [0.2, 0.25) is 5.91 Å². The number of nitrogens with one attached hydrogen (secondary N) is 2. The third-order valence-corrected chi connectivity index (χ3v) is 7.53. The normalized spacial score (nSPS) is 26.1. The monoisotopic (exact) mass is 416 g/mol. The molecule has 2 atom stereocenters. The maximum atomic E-state index is 12.7. The van der Waals surface area contributed by atoms with Crippen molar-refractivity contribution in [1.82, 2.24) is 15.2 Å². The SMILES string of the molecule is CC(=O)Nc1csc(Sc2ccc(C(=O)NC3C4CCN(CC4)C3C)cc2)n1. The van der Waals surface area contributed by atoms with Crippen molar-refractivity contribution in [2.45, 2.75) is 48.0 Å². The Kier molecular flexibility index (Phi) is 5.70. The largest absolute Gasteiger partial charge is 0.347 e. The van der Waals surface area contributed by atoms with E-state index >= 15 is 0 Å². The van der Waals surface area contributed by atoms with E-state index < -0.39 is 0 Å². The van der Waals surface area contributed by atoms with Crippen molar-refractivity contribution in [2.24, 2.45) is 5.92 Å². The zero-order valence-electron chi connectivity index (χ0n) is 16.0. The molecule has 0 saturated carbocycles. The lowest BCUT2D eigenvalue weighted by atomic mass is 9.79. The van der Waals surface area contributed by atoms with Gasteiger partial charge in [0.1, 0.15) is 5.82 Å². The molecular formula is C20H24N4O2S2. The lowest BCUT2D eigenvalue weighted by Gasteiger charge is -2.49. The third kappa shape index (κ3) is 4.24. The molecule has 5 rings (SSSR count). The van der Waals surface area contributed by atoms with Gasteiger partial charge in [-0.05, 0) is 63.0 Å². The lowest BCUT2D eigenvalue weighted by molar-refractivity contribution is -0.114. The van der Waals surface area contributed by atoms with E-state index in [0.717, 1.165) is 22.3 Å². The summed E-state index contributed by atoms with van der Waals surface area (Å²) in [5, 5.41) is 7.77. The number of aromatic nitrogens is 1. The Morgan fingerprint density at radius 1 is 1.21 bits per heavy atom. The number of fused-ring (bicyclic) bond motifs is 3. The predicted octanol–water partition coefficient (Wildman–Crippen LogP) is 3.47. The Bertz CT molecular complexity index is 857. The summed E-state index contributed by atoms with van der Waals surface area (Å²) >= 11 is 3.00. The van der Waals surface area contributed by atoms with Gasteiger partial charge >= 0.3 is 0 Å². The minimum atomic E-state index is -0.130. The average molecular weight is 417 g/mol. The van der Waals surface area contributed by atoms with Crippen LogP contribution in [0.15, 0.2) is 38.9 Å². The molecule has 28 heavy (non-hydrogen) atoms. The fourth-order valence-corrected chi connectivity index (χ4v) is 5.82.